The molecule has 6 heteroatoms. The maximum Gasteiger partial charge on any atom is 0.499 e. The molecule has 0 aromatic heterocycles. The van der Waals surface area contributed by atoms with Gasteiger partial charge in [-0.25, -0.2) is 4.79 Å². The molecule has 0 aromatic rings. The Hall–Kier alpha value is -0.180. The van der Waals surface area contributed by atoms with Gasteiger partial charge in [0.1, 0.15) is 0 Å². The first-order chi connectivity index (χ1) is 5.13. The average Bonchev–Trinajstić information content (AvgIpc) is 1.88. The summed E-state index contributed by atoms with van der Waals surface area (Å²) in [5.74, 6) is -1.84. The summed E-state index contributed by atoms with van der Waals surface area (Å²) in [4.78, 5) is 10.8. The smallest absolute Gasteiger partial charge is 0.461 e. The van der Waals surface area contributed by atoms with Crippen molar-refractivity contribution in [1.82, 2.24) is 0 Å². The molecule has 0 N–H and O–H groups in total. The number of carbonyl (C=O) groups excluding carboxylic acids is 1. The Morgan fingerprint density at radius 1 is 1.73 bits per heavy atom. The first kappa shape index (κ1) is 10.8. The highest BCUT2D eigenvalue weighted by atomic mass is 35.7. The van der Waals surface area contributed by atoms with Crippen LogP contribution in [0.1, 0.15) is 6.92 Å². The van der Waals surface area contributed by atoms with E-state index >= 15 is 0 Å². The van der Waals surface area contributed by atoms with E-state index in [1.54, 1.807) is 6.92 Å². The van der Waals surface area contributed by atoms with Crippen LogP contribution in [0.2, 0.25) is 0 Å². The van der Waals surface area contributed by atoms with E-state index in [9.17, 15) is 9.36 Å². The predicted octanol–water partition coefficient (Wildman–Crippen LogP) is 1.50. The molecule has 4 nitrogen and oxygen atoms in total. The van der Waals surface area contributed by atoms with Crippen LogP contribution in [0.3, 0.4) is 0 Å². The number of hydrogen-bond acceptors (Lipinski definition) is 4. The molecule has 2 unspecified atom stereocenters. The summed E-state index contributed by atoms with van der Waals surface area (Å²) < 4.78 is 19.6. The molecule has 0 radical (unpaired) electrons. The number of esters is 1. The van der Waals surface area contributed by atoms with Gasteiger partial charge in [-0.3, -0.25) is 0 Å². The van der Waals surface area contributed by atoms with Crippen molar-refractivity contribution in [2.24, 2.45) is 0 Å². The lowest BCUT2D eigenvalue weighted by Crippen LogP contribution is -2.20. The minimum absolute atomic E-state index is 0.221. The third-order valence-corrected chi connectivity index (χ3v) is 2.22. The Bertz CT molecular complexity index is 161. The van der Waals surface area contributed by atoms with E-state index in [1.807, 2.05) is 0 Å². The van der Waals surface area contributed by atoms with Crippen molar-refractivity contribution >= 4 is 24.4 Å². The highest BCUT2D eigenvalue weighted by molar-refractivity contribution is 7.74. The van der Waals surface area contributed by atoms with Crippen LogP contribution in [0.5, 0.6) is 0 Å². The van der Waals surface area contributed by atoms with Crippen LogP contribution in [0.15, 0.2) is 0 Å². The number of ether oxygens (including phenoxy) is 2. The van der Waals surface area contributed by atoms with Gasteiger partial charge in [-0.05, 0) is 11.5 Å². The largest absolute Gasteiger partial charge is 0.499 e. The van der Waals surface area contributed by atoms with Gasteiger partial charge in [-0.1, -0.05) is 0 Å². The molecule has 0 saturated carbocycles. The summed E-state index contributed by atoms with van der Waals surface area (Å²) in [5, 5.41) is 0. The lowest BCUT2D eigenvalue weighted by atomic mass is 10.7. The highest BCUT2D eigenvalue weighted by Crippen LogP contribution is 2.34. The van der Waals surface area contributed by atoms with Crippen LogP contribution in [0, 0.1) is 0 Å². The van der Waals surface area contributed by atoms with E-state index in [-0.39, 0.29) is 6.61 Å². The van der Waals surface area contributed by atoms with Crippen molar-refractivity contribution in [3.8, 4) is 0 Å². The van der Waals surface area contributed by atoms with E-state index in [0.717, 1.165) is 0 Å². The zero-order valence-corrected chi connectivity index (χ0v) is 7.89. The lowest BCUT2D eigenvalue weighted by molar-refractivity contribution is -0.149. The van der Waals surface area contributed by atoms with E-state index in [4.69, 9.17) is 11.2 Å². The average molecular weight is 200 g/mol. The number of methoxy groups -OCH3 is 1. The summed E-state index contributed by atoms with van der Waals surface area (Å²) in [6, 6.07) is 0. The highest BCUT2D eigenvalue weighted by Gasteiger charge is 2.38. The third-order valence-electron chi connectivity index (χ3n) is 0.896. The molecule has 0 bridgehead atoms. The molecule has 0 amide bonds. The fraction of sp³-hybridized carbons (Fsp3) is 0.800. The van der Waals surface area contributed by atoms with E-state index in [1.165, 1.54) is 7.11 Å². The van der Waals surface area contributed by atoms with Gasteiger partial charge < -0.3 is 9.47 Å². The van der Waals surface area contributed by atoms with Gasteiger partial charge >= 0.3 is 19.0 Å². The van der Waals surface area contributed by atoms with Gasteiger partial charge in [-0.2, -0.15) is 0 Å². The standard InChI is InChI=1S/C5H9ClO4P/c1-3-10-4(7)5(9-2)11(6)8/h5H,3H2,1-2H3/q+1. The molecule has 0 rings (SSSR count). The lowest BCUT2D eigenvalue weighted by Gasteiger charge is -2.01. The van der Waals surface area contributed by atoms with Gasteiger partial charge in [-0.15, -0.1) is 0 Å². The molecule has 0 spiro atoms. The first-order valence-electron chi connectivity index (χ1n) is 2.95. The number of hydrogen-bond donors (Lipinski definition) is 0. The van der Waals surface area contributed by atoms with Gasteiger partial charge in [0.05, 0.1) is 6.61 Å². The summed E-state index contributed by atoms with van der Waals surface area (Å²) >= 11 is 5.16. The molecule has 0 aliphatic heterocycles. The zero-order valence-electron chi connectivity index (χ0n) is 6.24. The van der Waals surface area contributed by atoms with Gasteiger partial charge in [0.25, 0.3) is 0 Å². The fourth-order valence-corrected chi connectivity index (χ4v) is 1.36. The molecule has 0 heterocycles. The van der Waals surface area contributed by atoms with E-state index in [2.05, 4.69) is 9.47 Å². The second-order valence-electron chi connectivity index (χ2n) is 1.61. The SMILES string of the molecule is CCOC(=O)C(OC)[P+](=O)Cl. The van der Waals surface area contributed by atoms with Crippen LogP contribution < -0.4 is 0 Å². The predicted molar refractivity (Wildman–Crippen MR) is 40.9 cm³/mol. The molecular weight excluding hydrogens is 190 g/mol. The number of carbonyl (C=O) groups is 1. The van der Waals surface area contributed by atoms with Crippen LogP contribution in [-0.4, -0.2) is 25.5 Å². The minimum Gasteiger partial charge on any atom is -0.461 e. The van der Waals surface area contributed by atoms with Crippen molar-refractivity contribution in [2.45, 2.75) is 12.8 Å². The Balaban J connectivity index is 4.03. The second kappa shape index (κ2) is 5.47. The molecule has 0 aliphatic rings. The fourth-order valence-electron chi connectivity index (χ4n) is 0.476. The Kier molecular flexibility index (Phi) is 5.38. The van der Waals surface area contributed by atoms with Crippen molar-refractivity contribution in [2.75, 3.05) is 13.7 Å². The molecule has 64 valence electrons. The molecule has 0 saturated heterocycles. The Morgan fingerprint density at radius 3 is 2.55 bits per heavy atom. The van der Waals surface area contributed by atoms with Gasteiger partial charge in [0.15, 0.2) is 0 Å². The third kappa shape index (κ3) is 3.65. The molecule has 2 atom stereocenters. The summed E-state index contributed by atoms with van der Waals surface area (Å²) in [6.45, 7) is 1.87. The van der Waals surface area contributed by atoms with Crippen molar-refractivity contribution in [1.29, 1.82) is 0 Å². The van der Waals surface area contributed by atoms with Crippen molar-refractivity contribution in [3.05, 3.63) is 0 Å². The first-order valence-corrected chi connectivity index (χ1v) is 5.18. The Morgan fingerprint density at radius 2 is 2.27 bits per heavy atom. The van der Waals surface area contributed by atoms with Crippen LogP contribution in [0.25, 0.3) is 0 Å². The Labute approximate surface area is 70.4 Å². The zero-order chi connectivity index (χ0) is 8.85. The van der Waals surface area contributed by atoms with E-state index < -0.39 is 19.0 Å². The maximum atomic E-state index is 10.8. The molecule has 0 fully saturated rings. The van der Waals surface area contributed by atoms with Crippen molar-refractivity contribution in [3.63, 3.8) is 0 Å². The summed E-state index contributed by atoms with van der Waals surface area (Å²) in [7, 11) is -0.942. The monoisotopic (exact) mass is 199 g/mol. The topological polar surface area (TPSA) is 52.6 Å². The quantitative estimate of drug-likeness (QED) is 0.509. The normalized spacial score (nSPS) is 13.9. The molecular formula is C5H9ClO4P+. The van der Waals surface area contributed by atoms with Crippen molar-refractivity contribution < 1.29 is 18.8 Å². The molecule has 0 aromatic carbocycles. The molecule has 0 aliphatic carbocycles. The van der Waals surface area contributed by atoms with Gasteiger partial charge in [0, 0.05) is 7.11 Å². The van der Waals surface area contributed by atoms with Crippen LogP contribution in [0.4, 0.5) is 0 Å². The summed E-state index contributed by atoms with van der Waals surface area (Å²) in [5.41, 5.74) is 0. The maximum absolute atomic E-state index is 10.8. The van der Waals surface area contributed by atoms with Crippen LogP contribution in [-0.2, 0) is 18.8 Å². The van der Waals surface area contributed by atoms with E-state index in [0.29, 0.717) is 0 Å². The number of halogens is 1. The number of rotatable bonds is 4. The second-order valence-corrected chi connectivity index (χ2v) is 3.62. The molecule has 11 heavy (non-hydrogen) atoms. The minimum atomic E-state index is -2.19. The van der Waals surface area contributed by atoms with Gasteiger partial charge in [0.2, 0.25) is 11.2 Å². The summed E-state index contributed by atoms with van der Waals surface area (Å²) in [6.07, 6.45) is 0. The van der Waals surface area contributed by atoms with Crippen LogP contribution >= 0.6 is 18.4 Å².